The predicted octanol–water partition coefficient (Wildman–Crippen LogP) is 2.01. The first-order valence-electron chi connectivity index (χ1n) is 8.55. The molecule has 2 N–H and O–H groups in total. The summed E-state index contributed by atoms with van der Waals surface area (Å²) in [5.74, 6) is -1.36. The number of carbonyl (C=O) groups is 2. The van der Waals surface area contributed by atoms with Crippen molar-refractivity contribution < 1.29 is 27.5 Å². The fourth-order valence-electron chi connectivity index (χ4n) is 3.00. The molecule has 8 nitrogen and oxygen atoms in total. The third-order valence-corrected chi connectivity index (χ3v) is 6.20. The molecule has 1 aliphatic heterocycles. The number of carboxylic acid groups (broad SMARTS) is 1. The fraction of sp³-hybridized carbons (Fsp3) is 0.333. The zero-order chi connectivity index (χ0) is 19.6. The molecule has 0 unspecified atom stereocenters. The Morgan fingerprint density at radius 3 is 2.67 bits per heavy atom. The van der Waals surface area contributed by atoms with Crippen molar-refractivity contribution >= 4 is 27.6 Å². The smallest absolute Gasteiger partial charge is 0.339 e. The second-order valence-corrected chi connectivity index (χ2v) is 8.21. The predicted molar refractivity (Wildman–Crippen MR) is 98.4 cm³/mol. The first kappa shape index (κ1) is 19.0. The molecule has 1 amide bonds. The Hall–Kier alpha value is -2.81. The maximum absolute atomic E-state index is 12.3. The van der Waals surface area contributed by atoms with Gasteiger partial charge in [-0.2, -0.15) is 0 Å². The van der Waals surface area contributed by atoms with Crippen LogP contribution in [0, 0.1) is 0 Å². The van der Waals surface area contributed by atoms with Gasteiger partial charge in [-0.15, -0.1) is 0 Å². The molecule has 27 heavy (non-hydrogen) atoms. The number of carbonyl (C=O) groups excluding carboxylic acids is 1. The van der Waals surface area contributed by atoms with Crippen LogP contribution in [-0.2, 0) is 23.0 Å². The lowest BCUT2D eigenvalue weighted by molar-refractivity contribution is 0.0694. The van der Waals surface area contributed by atoms with Gasteiger partial charge in [0.05, 0.1) is 11.4 Å². The molecule has 3 rings (SSSR count). The van der Waals surface area contributed by atoms with Gasteiger partial charge in [0.15, 0.2) is 5.76 Å². The molecule has 1 aliphatic rings. The number of nitrogens with zero attached hydrogens (tertiary/aromatic N) is 1. The minimum absolute atomic E-state index is 0.0242. The summed E-state index contributed by atoms with van der Waals surface area (Å²) >= 11 is 0. The minimum atomic E-state index is -3.27. The van der Waals surface area contributed by atoms with E-state index in [1.165, 1.54) is 10.4 Å². The summed E-state index contributed by atoms with van der Waals surface area (Å²) < 4.78 is 30.8. The molecular formula is C18H20N2O6S. The molecule has 1 aromatic heterocycles. The zero-order valence-corrected chi connectivity index (χ0v) is 15.6. The fourth-order valence-corrected chi connectivity index (χ4v) is 4.56. The number of hydrogen-bond acceptors (Lipinski definition) is 5. The van der Waals surface area contributed by atoms with Crippen LogP contribution in [0.25, 0.3) is 0 Å². The van der Waals surface area contributed by atoms with Crippen LogP contribution in [0.2, 0.25) is 0 Å². The second-order valence-electron chi connectivity index (χ2n) is 6.20. The highest BCUT2D eigenvalue weighted by Gasteiger charge is 2.28. The monoisotopic (exact) mass is 392 g/mol. The highest BCUT2D eigenvalue weighted by molar-refractivity contribution is 7.93. The Kier molecular flexibility index (Phi) is 5.22. The van der Waals surface area contributed by atoms with E-state index in [4.69, 9.17) is 9.52 Å². The topological polar surface area (TPSA) is 117 Å². The van der Waals surface area contributed by atoms with Crippen LogP contribution in [-0.4, -0.2) is 37.7 Å². The first-order valence-corrected chi connectivity index (χ1v) is 10.2. The number of amides is 1. The average molecular weight is 392 g/mol. The molecule has 2 aromatic rings. The Balaban J connectivity index is 1.71. The summed E-state index contributed by atoms with van der Waals surface area (Å²) in [5, 5.41) is 11.8. The number of hydrogen-bond donors (Lipinski definition) is 2. The molecule has 1 aromatic carbocycles. The summed E-state index contributed by atoms with van der Waals surface area (Å²) in [5.41, 5.74) is 1.27. The molecule has 144 valence electrons. The average Bonchev–Trinajstić information content (AvgIpc) is 3.22. The Morgan fingerprint density at radius 2 is 2.07 bits per heavy atom. The number of carboxylic acids is 1. The van der Waals surface area contributed by atoms with E-state index in [2.05, 4.69) is 5.32 Å². The molecule has 1 fully saturated rings. The van der Waals surface area contributed by atoms with Crippen LogP contribution in [0.1, 0.15) is 45.6 Å². The van der Waals surface area contributed by atoms with Crippen LogP contribution in [0.3, 0.4) is 0 Å². The minimum Gasteiger partial charge on any atom is -0.478 e. The number of aryl methyl sites for hydroxylation is 1. The summed E-state index contributed by atoms with van der Waals surface area (Å²) in [6.45, 7) is 2.35. The van der Waals surface area contributed by atoms with Crippen molar-refractivity contribution in [3.8, 4) is 0 Å². The number of aromatic carboxylic acids is 1. The number of sulfonamides is 1. The lowest BCUT2D eigenvalue weighted by Gasteiger charge is -2.17. The second kappa shape index (κ2) is 7.43. The largest absolute Gasteiger partial charge is 0.478 e. The lowest BCUT2D eigenvalue weighted by atomic mass is 10.2. The van der Waals surface area contributed by atoms with E-state index in [-0.39, 0.29) is 29.4 Å². The van der Waals surface area contributed by atoms with E-state index in [1.54, 1.807) is 31.2 Å². The van der Waals surface area contributed by atoms with E-state index in [0.29, 0.717) is 25.1 Å². The molecule has 0 spiro atoms. The summed E-state index contributed by atoms with van der Waals surface area (Å²) in [4.78, 5) is 23.4. The normalized spacial score (nSPS) is 15.7. The summed E-state index contributed by atoms with van der Waals surface area (Å²) in [6, 6.07) is 8.15. The van der Waals surface area contributed by atoms with Crippen molar-refractivity contribution in [1.29, 1.82) is 0 Å². The molecule has 0 aliphatic carbocycles. The van der Waals surface area contributed by atoms with Gasteiger partial charge < -0.3 is 14.8 Å². The van der Waals surface area contributed by atoms with Crippen molar-refractivity contribution in [3.05, 3.63) is 53.0 Å². The van der Waals surface area contributed by atoms with Crippen molar-refractivity contribution in [3.63, 3.8) is 0 Å². The van der Waals surface area contributed by atoms with E-state index >= 15 is 0 Å². The molecular weight excluding hydrogens is 372 g/mol. The van der Waals surface area contributed by atoms with Crippen molar-refractivity contribution in [1.82, 2.24) is 5.32 Å². The van der Waals surface area contributed by atoms with Crippen molar-refractivity contribution in [2.75, 3.05) is 16.6 Å². The standard InChI is InChI=1S/C18H20N2O6S/c1-2-15-14(18(22)23)10-16(26-15)17(21)19-11-12-5-3-6-13(9-12)20-7-4-8-27(20,24)25/h3,5-6,9-10H,2,4,7-8,11H2,1H3,(H,19,21)(H,22,23). The molecule has 0 bridgehead atoms. The Bertz CT molecular complexity index is 979. The van der Waals surface area contributed by atoms with E-state index in [9.17, 15) is 18.0 Å². The molecule has 9 heteroatoms. The highest BCUT2D eigenvalue weighted by atomic mass is 32.2. The lowest BCUT2D eigenvalue weighted by Crippen LogP contribution is -2.26. The van der Waals surface area contributed by atoms with Crippen LogP contribution in [0.15, 0.2) is 34.7 Å². The van der Waals surface area contributed by atoms with Gasteiger partial charge in [0.25, 0.3) is 5.91 Å². The van der Waals surface area contributed by atoms with Crippen LogP contribution in [0.5, 0.6) is 0 Å². The van der Waals surface area contributed by atoms with Gasteiger partial charge in [0, 0.05) is 25.6 Å². The number of rotatable bonds is 6. The van der Waals surface area contributed by atoms with Crippen molar-refractivity contribution in [2.24, 2.45) is 0 Å². The number of furan rings is 1. The maximum Gasteiger partial charge on any atom is 0.339 e. The third-order valence-electron chi connectivity index (χ3n) is 4.34. The van der Waals surface area contributed by atoms with E-state index in [1.807, 2.05) is 0 Å². The quantitative estimate of drug-likeness (QED) is 0.777. The molecule has 0 radical (unpaired) electrons. The van der Waals surface area contributed by atoms with Crippen LogP contribution >= 0.6 is 0 Å². The molecule has 2 heterocycles. The van der Waals surface area contributed by atoms with E-state index < -0.39 is 21.9 Å². The third kappa shape index (κ3) is 3.97. The van der Waals surface area contributed by atoms with Gasteiger partial charge in [-0.05, 0) is 24.1 Å². The summed E-state index contributed by atoms with van der Waals surface area (Å²) in [6.07, 6.45) is 0.953. The van der Waals surface area contributed by atoms with Crippen molar-refractivity contribution in [2.45, 2.75) is 26.3 Å². The Labute approximate surface area is 156 Å². The molecule has 0 atom stereocenters. The SMILES string of the molecule is CCc1oc(C(=O)NCc2cccc(N3CCCS3(=O)=O)c2)cc1C(=O)O. The zero-order valence-electron chi connectivity index (χ0n) is 14.8. The molecule has 1 saturated heterocycles. The van der Waals surface area contributed by atoms with Gasteiger partial charge in [-0.1, -0.05) is 19.1 Å². The number of benzene rings is 1. The number of nitrogens with one attached hydrogen (secondary N) is 1. The Morgan fingerprint density at radius 1 is 1.30 bits per heavy atom. The van der Waals surface area contributed by atoms with Gasteiger partial charge in [-0.25, -0.2) is 13.2 Å². The first-order chi connectivity index (χ1) is 12.8. The van der Waals surface area contributed by atoms with E-state index in [0.717, 1.165) is 5.56 Å². The van der Waals surface area contributed by atoms with Gasteiger partial charge in [0.2, 0.25) is 10.0 Å². The van der Waals surface area contributed by atoms with Gasteiger partial charge >= 0.3 is 5.97 Å². The molecule has 0 saturated carbocycles. The maximum atomic E-state index is 12.3. The highest BCUT2D eigenvalue weighted by Crippen LogP contribution is 2.24. The van der Waals surface area contributed by atoms with Crippen LogP contribution in [0.4, 0.5) is 5.69 Å². The number of anilines is 1. The van der Waals surface area contributed by atoms with Crippen LogP contribution < -0.4 is 9.62 Å². The summed E-state index contributed by atoms with van der Waals surface area (Å²) in [7, 11) is -3.27. The van der Waals surface area contributed by atoms with Gasteiger partial charge in [-0.3, -0.25) is 9.10 Å². The van der Waals surface area contributed by atoms with Gasteiger partial charge in [0.1, 0.15) is 11.3 Å².